The van der Waals surface area contributed by atoms with E-state index in [1.165, 1.54) is 6.92 Å². The van der Waals surface area contributed by atoms with Crippen molar-refractivity contribution in [1.82, 2.24) is 26.2 Å². The number of esters is 1. The Morgan fingerprint density at radius 1 is 0.712 bits per heavy atom. The van der Waals surface area contributed by atoms with E-state index in [1.807, 2.05) is 84.0 Å². The molecule has 0 aliphatic heterocycles. The number of carbonyl (C=O) groups is 6. The number of nitrogens with one attached hydrogen (secondary N) is 4. The highest BCUT2D eigenvalue weighted by Gasteiger charge is 2.33. The van der Waals surface area contributed by atoms with Gasteiger partial charge in [-0.1, -0.05) is 84.0 Å². The van der Waals surface area contributed by atoms with Gasteiger partial charge < -0.3 is 36.6 Å². The van der Waals surface area contributed by atoms with Crippen molar-refractivity contribution in [3.05, 3.63) is 48.0 Å². The van der Waals surface area contributed by atoms with Gasteiger partial charge in [0.1, 0.15) is 36.8 Å². The second-order valence-electron chi connectivity index (χ2n) is 14.5. The van der Waals surface area contributed by atoms with Gasteiger partial charge in [0, 0.05) is 26.4 Å². The van der Waals surface area contributed by atoms with E-state index in [9.17, 15) is 28.8 Å². The van der Waals surface area contributed by atoms with Gasteiger partial charge in [0.25, 0.3) is 0 Å². The minimum absolute atomic E-state index is 0.000633. The first kappa shape index (κ1) is 43.6. The van der Waals surface area contributed by atoms with Crippen molar-refractivity contribution in [3.63, 3.8) is 0 Å². The molecule has 52 heavy (non-hydrogen) atoms. The summed E-state index contributed by atoms with van der Waals surface area (Å²) in [4.78, 5) is 80.3. The highest BCUT2D eigenvalue weighted by molar-refractivity contribution is 5.95. The second kappa shape index (κ2) is 21.1. The molecular weight excluding hydrogens is 664 g/mol. The van der Waals surface area contributed by atoms with Crippen molar-refractivity contribution in [1.29, 1.82) is 0 Å². The first-order chi connectivity index (χ1) is 24.5. The quantitative estimate of drug-likeness (QED) is 0.129. The number of ether oxygens (including phenoxy) is 1. The lowest BCUT2D eigenvalue weighted by molar-refractivity contribution is -0.149. The summed E-state index contributed by atoms with van der Waals surface area (Å²) in [6, 6.07) is 8.69. The maximum atomic E-state index is 13.9. The Bertz CT molecular complexity index is 1520. The van der Waals surface area contributed by atoms with Crippen LogP contribution in [0.2, 0.25) is 0 Å². The van der Waals surface area contributed by atoms with Crippen LogP contribution in [0.1, 0.15) is 80.7 Å². The number of hydrogen-bond acceptors (Lipinski definition) is 8. The number of fused-ring (bicyclic) bond motifs is 1. The van der Waals surface area contributed by atoms with Crippen LogP contribution in [-0.2, 0) is 39.9 Å². The zero-order chi connectivity index (χ0) is 39.1. The SMILES string of the molecule is CCN(CC)C(=O)[C@H](Cc1ccc2ccccc2c1)NC(=O)[C@H](CC(C)C)NC(=O)[C@@H](NC(=O)[C@@H](N)COC(=O)[C@H](CC(C)C)NC(C)=O)C(C)C. The van der Waals surface area contributed by atoms with Gasteiger partial charge in [-0.2, -0.15) is 0 Å². The molecule has 2 rings (SSSR count). The molecule has 0 radical (unpaired) electrons. The summed E-state index contributed by atoms with van der Waals surface area (Å²) in [5.74, 6) is -3.49. The maximum absolute atomic E-state index is 13.9. The average Bonchev–Trinajstić information content (AvgIpc) is 3.07. The summed E-state index contributed by atoms with van der Waals surface area (Å²) < 4.78 is 5.26. The summed E-state index contributed by atoms with van der Waals surface area (Å²) in [7, 11) is 0. The third-order valence-electron chi connectivity index (χ3n) is 8.64. The number of hydrogen-bond donors (Lipinski definition) is 5. The molecule has 0 bridgehead atoms. The second-order valence-corrected chi connectivity index (χ2v) is 14.5. The Hall–Kier alpha value is -4.52. The molecule has 0 aliphatic rings. The summed E-state index contributed by atoms with van der Waals surface area (Å²) in [6.45, 7) is 16.6. The Morgan fingerprint density at radius 2 is 1.29 bits per heavy atom. The smallest absolute Gasteiger partial charge is 0.328 e. The molecule has 0 saturated carbocycles. The van der Waals surface area contributed by atoms with Crippen LogP contribution in [0.4, 0.5) is 0 Å². The van der Waals surface area contributed by atoms with Gasteiger partial charge in [-0.25, -0.2) is 4.79 Å². The molecule has 288 valence electrons. The van der Waals surface area contributed by atoms with E-state index in [-0.39, 0.29) is 30.6 Å². The molecule has 0 heterocycles. The molecule has 0 aliphatic carbocycles. The zero-order valence-electron chi connectivity index (χ0n) is 32.3. The topological polar surface area (TPSA) is 189 Å². The number of amides is 5. The fourth-order valence-corrected chi connectivity index (χ4v) is 5.87. The zero-order valence-corrected chi connectivity index (χ0v) is 32.3. The van der Waals surface area contributed by atoms with Crippen molar-refractivity contribution in [2.45, 2.75) is 112 Å². The van der Waals surface area contributed by atoms with E-state index in [2.05, 4.69) is 21.3 Å². The molecule has 0 fully saturated rings. The number of likely N-dealkylation sites (N-methyl/N-ethyl adjacent to an activating group) is 1. The maximum Gasteiger partial charge on any atom is 0.328 e. The van der Waals surface area contributed by atoms with Crippen molar-refractivity contribution in [2.75, 3.05) is 19.7 Å². The molecule has 0 spiro atoms. The number of nitrogens with two attached hydrogens (primary N) is 1. The van der Waals surface area contributed by atoms with Gasteiger partial charge in [0.2, 0.25) is 29.5 Å². The Labute approximate surface area is 308 Å². The van der Waals surface area contributed by atoms with Crippen LogP contribution in [0.5, 0.6) is 0 Å². The Kier molecular flexibility index (Phi) is 17.7. The molecule has 5 atom stereocenters. The molecule has 0 unspecified atom stereocenters. The molecule has 0 saturated heterocycles. The molecule has 13 nitrogen and oxygen atoms in total. The van der Waals surface area contributed by atoms with E-state index >= 15 is 0 Å². The van der Waals surface area contributed by atoms with Crippen LogP contribution in [0.3, 0.4) is 0 Å². The first-order valence-electron chi connectivity index (χ1n) is 18.3. The van der Waals surface area contributed by atoms with Gasteiger partial charge >= 0.3 is 5.97 Å². The number of rotatable bonds is 20. The van der Waals surface area contributed by atoms with Crippen LogP contribution in [0.15, 0.2) is 42.5 Å². The summed E-state index contributed by atoms with van der Waals surface area (Å²) in [5, 5.41) is 13.0. The number of carbonyl (C=O) groups excluding carboxylic acids is 6. The lowest BCUT2D eigenvalue weighted by Gasteiger charge is -2.30. The molecular formula is C39H60N6O7. The highest BCUT2D eigenvalue weighted by Crippen LogP contribution is 2.18. The lowest BCUT2D eigenvalue weighted by atomic mass is 9.98. The van der Waals surface area contributed by atoms with Crippen LogP contribution in [0.25, 0.3) is 10.8 Å². The van der Waals surface area contributed by atoms with Crippen molar-refractivity contribution >= 4 is 46.3 Å². The van der Waals surface area contributed by atoms with Gasteiger partial charge in [0.05, 0.1) is 0 Å². The molecule has 0 aromatic heterocycles. The third kappa shape index (κ3) is 13.9. The third-order valence-corrected chi connectivity index (χ3v) is 8.64. The first-order valence-corrected chi connectivity index (χ1v) is 18.3. The largest absolute Gasteiger partial charge is 0.462 e. The van der Waals surface area contributed by atoms with Gasteiger partial charge in [0.15, 0.2) is 0 Å². The molecule has 13 heteroatoms. The summed E-state index contributed by atoms with van der Waals surface area (Å²) in [6.07, 6.45) is 0.874. The monoisotopic (exact) mass is 724 g/mol. The van der Waals surface area contributed by atoms with Crippen LogP contribution in [-0.4, -0.2) is 90.3 Å². The molecule has 6 N–H and O–H groups in total. The van der Waals surface area contributed by atoms with Crippen molar-refractivity contribution in [2.24, 2.45) is 23.5 Å². The van der Waals surface area contributed by atoms with Gasteiger partial charge in [-0.05, 0) is 60.8 Å². The summed E-state index contributed by atoms with van der Waals surface area (Å²) in [5.41, 5.74) is 6.93. The molecule has 2 aromatic rings. The number of nitrogens with zero attached hydrogens (tertiary/aromatic N) is 1. The Morgan fingerprint density at radius 3 is 1.85 bits per heavy atom. The van der Waals surface area contributed by atoms with Crippen LogP contribution < -0.4 is 27.0 Å². The van der Waals surface area contributed by atoms with Gasteiger partial charge in [-0.15, -0.1) is 0 Å². The fourth-order valence-electron chi connectivity index (χ4n) is 5.87. The predicted octanol–water partition coefficient (Wildman–Crippen LogP) is 2.83. The highest BCUT2D eigenvalue weighted by atomic mass is 16.5. The van der Waals surface area contributed by atoms with E-state index in [1.54, 1.807) is 18.7 Å². The van der Waals surface area contributed by atoms with Crippen LogP contribution >= 0.6 is 0 Å². The fraction of sp³-hybridized carbons (Fsp3) is 0.590. The minimum atomic E-state index is -1.30. The van der Waals surface area contributed by atoms with Gasteiger partial charge in [-0.3, -0.25) is 24.0 Å². The van der Waals surface area contributed by atoms with E-state index < -0.39 is 72.3 Å². The number of benzene rings is 2. The lowest BCUT2D eigenvalue weighted by Crippen LogP contribution is -2.59. The van der Waals surface area contributed by atoms with Crippen molar-refractivity contribution in [3.8, 4) is 0 Å². The van der Waals surface area contributed by atoms with E-state index in [4.69, 9.17) is 10.5 Å². The van der Waals surface area contributed by atoms with Crippen LogP contribution in [0, 0.1) is 17.8 Å². The average molecular weight is 725 g/mol. The molecule has 2 aromatic carbocycles. The van der Waals surface area contributed by atoms with E-state index in [0.717, 1.165) is 16.3 Å². The molecule has 5 amide bonds. The Balaban J connectivity index is 2.21. The van der Waals surface area contributed by atoms with Crippen molar-refractivity contribution < 1.29 is 33.5 Å². The minimum Gasteiger partial charge on any atom is -0.462 e. The standard InChI is InChI=1S/C39H60N6O7/c1-10-45(11-2)38(50)32(21-27-16-17-28-14-12-13-15-29(28)20-27)43-36(48)31(18-23(3)4)42-37(49)34(25(7)8)44-35(47)30(40)22-52-39(51)33(19-24(5)6)41-26(9)46/h12-17,20,23-25,30-34H,10-11,18-19,21-22,40H2,1-9H3,(H,41,46)(H,42,49)(H,43,48)(H,44,47)/t30-,31-,32-,33-,34-/m0/s1. The normalized spacial score (nSPS) is 14.2. The predicted molar refractivity (Wildman–Crippen MR) is 202 cm³/mol. The van der Waals surface area contributed by atoms with E-state index in [0.29, 0.717) is 19.5 Å². The summed E-state index contributed by atoms with van der Waals surface area (Å²) >= 11 is 0.